The fourth-order valence-corrected chi connectivity index (χ4v) is 1.77. The number of anilines is 2. The third-order valence-electron chi connectivity index (χ3n) is 2.76. The van der Waals surface area contributed by atoms with Crippen molar-refractivity contribution < 1.29 is 9.53 Å². The van der Waals surface area contributed by atoms with Crippen LogP contribution in [0.1, 0.15) is 17.4 Å². The van der Waals surface area contributed by atoms with Crippen molar-refractivity contribution in [2.75, 3.05) is 30.9 Å². The van der Waals surface area contributed by atoms with Crippen LogP contribution in [-0.4, -0.2) is 40.9 Å². The Morgan fingerprint density at radius 1 is 1.43 bits per heavy atom. The van der Waals surface area contributed by atoms with Crippen molar-refractivity contribution in [3.8, 4) is 0 Å². The molecule has 0 atom stereocenters. The summed E-state index contributed by atoms with van der Waals surface area (Å²) in [6.45, 7) is 3.94. The third kappa shape index (κ3) is 4.28. The molecule has 2 aromatic rings. The molecule has 0 radical (unpaired) electrons. The molecule has 0 fully saturated rings. The first-order valence-corrected chi connectivity index (χ1v) is 6.76. The lowest BCUT2D eigenvalue weighted by Crippen LogP contribution is -2.14. The first kappa shape index (κ1) is 15.0. The van der Waals surface area contributed by atoms with E-state index in [4.69, 9.17) is 4.74 Å². The summed E-state index contributed by atoms with van der Waals surface area (Å²) >= 11 is 0. The topological polar surface area (TPSA) is 81.1 Å². The molecule has 112 valence electrons. The molecule has 0 aliphatic heterocycles. The molecule has 0 aliphatic carbocycles. The Morgan fingerprint density at radius 2 is 2.29 bits per heavy atom. The van der Waals surface area contributed by atoms with E-state index in [1.807, 2.05) is 13.0 Å². The van der Waals surface area contributed by atoms with Crippen molar-refractivity contribution >= 4 is 17.4 Å². The van der Waals surface area contributed by atoms with Crippen molar-refractivity contribution in [3.05, 3.63) is 36.3 Å². The predicted octanol–water partition coefficient (Wildman–Crippen LogP) is 1.61. The van der Waals surface area contributed by atoms with E-state index in [9.17, 15) is 4.79 Å². The zero-order chi connectivity index (χ0) is 15.1. The van der Waals surface area contributed by atoms with Crippen LogP contribution in [0, 0.1) is 0 Å². The van der Waals surface area contributed by atoms with Gasteiger partial charge >= 0.3 is 0 Å². The summed E-state index contributed by atoms with van der Waals surface area (Å²) in [6, 6.07) is 5.29. The zero-order valence-corrected chi connectivity index (χ0v) is 12.2. The average Bonchev–Trinajstić information content (AvgIpc) is 2.93. The number of carbonyl (C=O) groups is 1. The SMILES string of the molecule is CCNc1cccc(C(=O)Nc2cnn(CCOC)c2)n1. The molecule has 7 heteroatoms. The van der Waals surface area contributed by atoms with Crippen molar-refractivity contribution in [2.45, 2.75) is 13.5 Å². The summed E-state index contributed by atoms with van der Waals surface area (Å²) in [5, 5.41) is 9.98. The summed E-state index contributed by atoms with van der Waals surface area (Å²) in [5.41, 5.74) is 0.991. The monoisotopic (exact) mass is 289 g/mol. The van der Waals surface area contributed by atoms with Crippen LogP contribution in [0.4, 0.5) is 11.5 Å². The Morgan fingerprint density at radius 3 is 3.05 bits per heavy atom. The molecule has 2 aromatic heterocycles. The number of carbonyl (C=O) groups excluding carboxylic acids is 1. The van der Waals surface area contributed by atoms with Gasteiger partial charge in [0.25, 0.3) is 5.91 Å². The van der Waals surface area contributed by atoms with E-state index < -0.39 is 0 Å². The Kier molecular flexibility index (Phi) is 5.28. The highest BCUT2D eigenvalue weighted by atomic mass is 16.5. The fraction of sp³-hybridized carbons (Fsp3) is 0.357. The first-order valence-electron chi connectivity index (χ1n) is 6.76. The van der Waals surface area contributed by atoms with Gasteiger partial charge in [0.15, 0.2) is 0 Å². The maximum atomic E-state index is 12.1. The minimum Gasteiger partial charge on any atom is -0.383 e. The molecule has 0 saturated carbocycles. The van der Waals surface area contributed by atoms with Gasteiger partial charge in [0.1, 0.15) is 11.5 Å². The smallest absolute Gasteiger partial charge is 0.274 e. The Bertz CT molecular complexity index is 597. The summed E-state index contributed by atoms with van der Waals surface area (Å²) < 4.78 is 6.69. The van der Waals surface area contributed by atoms with Crippen LogP contribution in [0.15, 0.2) is 30.6 Å². The zero-order valence-electron chi connectivity index (χ0n) is 12.2. The standard InChI is InChI=1S/C14H19N5O2/c1-3-15-13-6-4-5-12(18-13)14(20)17-11-9-16-19(10-11)7-8-21-2/h4-6,9-10H,3,7-8H2,1-2H3,(H,15,18)(H,17,20). The number of nitrogens with one attached hydrogen (secondary N) is 2. The highest BCUT2D eigenvalue weighted by Crippen LogP contribution is 2.09. The molecule has 21 heavy (non-hydrogen) atoms. The number of pyridine rings is 1. The lowest BCUT2D eigenvalue weighted by molar-refractivity contribution is 0.102. The van der Waals surface area contributed by atoms with E-state index in [1.54, 1.807) is 36.3 Å². The quantitative estimate of drug-likeness (QED) is 0.809. The van der Waals surface area contributed by atoms with E-state index in [2.05, 4.69) is 20.7 Å². The van der Waals surface area contributed by atoms with Crippen LogP contribution < -0.4 is 10.6 Å². The second-order valence-electron chi connectivity index (χ2n) is 4.38. The van der Waals surface area contributed by atoms with Gasteiger partial charge in [-0.15, -0.1) is 0 Å². The van der Waals surface area contributed by atoms with Crippen molar-refractivity contribution in [3.63, 3.8) is 0 Å². The molecule has 7 nitrogen and oxygen atoms in total. The number of amides is 1. The maximum Gasteiger partial charge on any atom is 0.274 e. The number of rotatable bonds is 7. The van der Waals surface area contributed by atoms with Crippen LogP contribution in [0.25, 0.3) is 0 Å². The second kappa shape index (κ2) is 7.39. The number of methoxy groups -OCH3 is 1. The normalized spacial score (nSPS) is 10.4. The van der Waals surface area contributed by atoms with E-state index >= 15 is 0 Å². The average molecular weight is 289 g/mol. The molecule has 0 spiro atoms. The van der Waals surface area contributed by atoms with Gasteiger partial charge in [-0.05, 0) is 19.1 Å². The van der Waals surface area contributed by atoms with E-state index in [-0.39, 0.29) is 5.91 Å². The lowest BCUT2D eigenvalue weighted by atomic mass is 10.3. The minimum absolute atomic E-state index is 0.263. The fourth-order valence-electron chi connectivity index (χ4n) is 1.77. The van der Waals surface area contributed by atoms with Crippen LogP contribution in [0.2, 0.25) is 0 Å². The van der Waals surface area contributed by atoms with Crippen molar-refractivity contribution in [1.29, 1.82) is 0 Å². The summed E-state index contributed by atoms with van der Waals surface area (Å²) in [7, 11) is 1.63. The number of nitrogens with zero attached hydrogens (tertiary/aromatic N) is 3. The molecular formula is C14H19N5O2. The van der Waals surface area contributed by atoms with E-state index in [0.717, 1.165) is 6.54 Å². The van der Waals surface area contributed by atoms with Gasteiger partial charge in [0.2, 0.25) is 0 Å². The Hall–Kier alpha value is -2.41. The van der Waals surface area contributed by atoms with Gasteiger partial charge < -0.3 is 15.4 Å². The highest BCUT2D eigenvalue weighted by molar-refractivity contribution is 6.02. The Labute approximate surface area is 123 Å². The maximum absolute atomic E-state index is 12.1. The molecule has 0 aromatic carbocycles. The van der Waals surface area contributed by atoms with E-state index in [0.29, 0.717) is 30.4 Å². The molecule has 0 unspecified atom stereocenters. The summed E-state index contributed by atoms with van der Waals surface area (Å²) in [6.07, 6.45) is 3.35. The van der Waals surface area contributed by atoms with Gasteiger partial charge in [-0.2, -0.15) is 5.10 Å². The van der Waals surface area contributed by atoms with Crippen molar-refractivity contribution in [2.24, 2.45) is 0 Å². The number of ether oxygens (including phenoxy) is 1. The minimum atomic E-state index is -0.263. The number of aromatic nitrogens is 3. The van der Waals surface area contributed by atoms with Gasteiger partial charge in [-0.25, -0.2) is 4.98 Å². The molecule has 0 saturated heterocycles. The summed E-state index contributed by atoms with van der Waals surface area (Å²) in [5.74, 6) is 0.419. The molecule has 2 N–H and O–H groups in total. The Balaban J connectivity index is 2.00. The number of hydrogen-bond acceptors (Lipinski definition) is 5. The number of hydrogen-bond donors (Lipinski definition) is 2. The molecule has 0 aliphatic rings. The van der Waals surface area contributed by atoms with Crippen LogP contribution in [-0.2, 0) is 11.3 Å². The largest absolute Gasteiger partial charge is 0.383 e. The molecule has 2 heterocycles. The van der Waals surface area contributed by atoms with Crippen molar-refractivity contribution in [1.82, 2.24) is 14.8 Å². The molecule has 1 amide bonds. The third-order valence-corrected chi connectivity index (χ3v) is 2.76. The van der Waals surface area contributed by atoms with Gasteiger partial charge in [-0.1, -0.05) is 6.07 Å². The van der Waals surface area contributed by atoms with Crippen LogP contribution >= 0.6 is 0 Å². The molecular weight excluding hydrogens is 270 g/mol. The van der Waals surface area contributed by atoms with Crippen LogP contribution in [0.5, 0.6) is 0 Å². The first-order chi connectivity index (χ1) is 10.2. The summed E-state index contributed by atoms with van der Waals surface area (Å²) in [4.78, 5) is 16.4. The van der Waals surface area contributed by atoms with Crippen LogP contribution in [0.3, 0.4) is 0 Å². The van der Waals surface area contributed by atoms with Gasteiger partial charge in [0, 0.05) is 19.9 Å². The molecule has 2 rings (SSSR count). The van der Waals surface area contributed by atoms with Gasteiger partial charge in [0.05, 0.1) is 25.0 Å². The molecule has 0 bridgehead atoms. The second-order valence-corrected chi connectivity index (χ2v) is 4.38. The predicted molar refractivity (Wildman–Crippen MR) is 80.5 cm³/mol. The van der Waals surface area contributed by atoms with E-state index in [1.165, 1.54) is 0 Å². The highest BCUT2D eigenvalue weighted by Gasteiger charge is 2.09. The van der Waals surface area contributed by atoms with Gasteiger partial charge in [-0.3, -0.25) is 9.48 Å². The lowest BCUT2D eigenvalue weighted by Gasteiger charge is -2.05.